The summed E-state index contributed by atoms with van der Waals surface area (Å²) in [6.07, 6.45) is 0.279. The predicted octanol–water partition coefficient (Wildman–Crippen LogP) is 10.9. The lowest BCUT2D eigenvalue weighted by Gasteiger charge is -2.45. The molecule has 0 bridgehead atoms. The summed E-state index contributed by atoms with van der Waals surface area (Å²) in [5, 5.41) is 19.7. The second-order valence-corrected chi connectivity index (χ2v) is 14.3. The van der Waals surface area contributed by atoms with Gasteiger partial charge in [-0.2, -0.15) is 0 Å². The molecule has 2 aromatic carbocycles. The van der Waals surface area contributed by atoms with E-state index in [0.29, 0.717) is 54.9 Å². The van der Waals surface area contributed by atoms with Crippen LogP contribution >= 0.6 is 69.1 Å². The fourth-order valence-electron chi connectivity index (χ4n) is 6.03. The fraction of sp³-hybridized carbons (Fsp3) is 0.400. The molecule has 0 aliphatic rings. The number of thiophene rings is 2. The Hall–Kier alpha value is -2.41. The molecule has 4 rings (SSSR count). The first-order chi connectivity index (χ1) is 23.6. The normalized spacial score (nSPS) is 14.0. The van der Waals surface area contributed by atoms with Crippen molar-refractivity contribution in [3.8, 4) is 23.0 Å². The second-order valence-electron chi connectivity index (χ2n) is 10.9. The van der Waals surface area contributed by atoms with Crippen LogP contribution in [0.3, 0.4) is 0 Å². The first kappa shape index (κ1) is 39.4. The molecule has 2 heterocycles. The molecule has 0 aliphatic heterocycles. The van der Waals surface area contributed by atoms with Crippen molar-refractivity contribution in [3.05, 3.63) is 89.1 Å². The van der Waals surface area contributed by atoms with Crippen molar-refractivity contribution in [1.29, 1.82) is 0 Å². The van der Waals surface area contributed by atoms with Gasteiger partial charge in [0.25, 0.3) is 0 Å². The average Bonchev–Trinajstić information content (AvgIpc) is 3.86. The van der Waals surface area contributed by atoms with Gasteiger partial charge in [0.1, 0.15) is 43.1 Å². The summed E-state index contributed by atoms with van der Waals surface area (Å²) in [5.74, 6) is 1.56. The molecule has 0 aliphatic carbocycles. The van der Waals surface area contributed by atoms with Crippen LogP contribution in [0, 0.1) is 0 Å². The van der Waals surface area contributed by atoms with E-state index in [9.17, 15) is 5.21 Å². The molecule has 266 valence electrons. The monoisotopic (exact) mass is 787 g/mol. The molecule has 8 nitrogen and oxygen atoms in total. The molecule has 2 aromatic heterocycles. The van der Waals surface area contributed by atoms with E-state index in [-0.39, 0.29) is 32.9 Å². The Morgan fingerprint density at radius 3 is 1.27 bits per heavy atom. The summed E-state index contributed by atoms with van der Waals surface area (Å²) in [7, 11) is 3.05. The van der Waals surface area contributed by atoms with Crippen LogP contribution in [0.5, 0.6) is 23.0 Å². The smallest absolute Gasteiger partial charge is 0.204 e. The van der Waals surface area contributed by atoms with Crippen molar-refractivity contribution in [2.75, 3.05) is 40.4 Å². The Morgan fingerprint density at radius 2 is 0.980 bits per heavy atom. The van der Waals surface area contributed by atoms with Gasteiger partial charge in [-0.15, -0.1) is 22.7 Å². The second kappa shape index (κ2) is 17.7. The molecule has 14 heteroatoms. The van der Waals surface area contributed by atoms with Gasteiger partial charge in [0.15, 0.2) is 0 Å². The zero-order valence-electron chi connectivity index (χ0n) is 28.3. The average molecular weight is 790 g/mol. The highest BCUT2D eigenvalue weighted by Gasteiger charge is 2.48. The number of rotatable bonds is 18. The topological polar surface area (TPSA) is 76.0 Å². The van der Waals surface area contributed by atoms with Gasteiger partial charge in [-0.25, -0.2) is 0 Å². The number of nitrogens with zero attached hydrogens (tertiary/aromatic N) is 3. The van der Waals surface area contributed by atoms with Crippen LogP contribution in [-0.4, -0.2) is 61.1 Å². The minimum absolute atomic E-state index is 0.139. The highest BCUT2D eigenvalue weighted by Crippen LogP contribution is 2.48. The molecular formula is C35H41Cl4N3O5S2. The fourth-order valence-corrected chi connectivity index (χ4v) is 8.66. The number of halogens is 4. The van der Waals surface area contributed by atoms with E-state index in [1.807, 2.05) is 35.0 Å². The predicted molar refractivity (Wildman–Crippen MR) is 204 cm³/mol. The van der Waals surface area contributed by atoms with Gasteiger partial charge in [0.05, 0.1) is 29.7 Å². The minimum atomic E-state index is -1.16. The first-order valence-corrected chi connectivity index (χ1v) is 19.1. The molecule has 2 atom stereocenters. The van der Waals surface area contributed by atoms with Gasteiger partial charge in [-0.3, -0.25) is 9.80 Å². The molecule has 0 amide bonds. The number of methoxy groups -OCH3 is 2. The molecule has 4 aromatic rings. The molecule has 2 unspecified atom stereocenters. The Morgan fingerprint density at radius 1 is 0.633 bits per heavy atom. The maximum atomic E-state index is 10.9. The number of hydrogen-bond acceptors (Lipinski definition) is 10. The van der Waals surface area contributed by atoms with E-state index in [1.165, 1.54) is 36.9 Å². The van der Waals surface area contributed by atoms with E-state index in [4.69, 9.17) is 65.4 Å². The Kier molecular flexibility index (Phi) is 14.2. The number of benzene rings is 2. The zero-order chi connectivity index (χ0) is 35.8. The van der Waals surface area contributed by atoms with E-state index in [0.717, 1.165) is 9.75 Å². The molecule has 0 saturated carbocycles. The number of oxime groups is 1. The molecule has 49 heavy (non-hydrogen) atoms. The Bertz CT molecular complexity index is 1570. The summed E-state index contributed by atoms with van der Waals surface area (Å²) < 4.78 is 24.8. The lowest BCUT2D eigenvalue weighted by molar-refractivity contribution is -0.0901. The molecule has 0 spiro atoms. The van der Waals surface area contributed by atoms with E-state index in [1.54, 1.807) is 24.3 Å². The maximum absolute atomic E-state index is 10.9. The van der Waals surface area contributed by atoms with Gasteiger partial charge < -0.3 is 24.2 Å². The summed E-state index contributed by atoms with van der Waals surface area (Å²) in [4.78, 5) is 6.11. The summed E-state index contributed by atoms with van der Waals surface area (Å²) in [6, 6.07) is 14.8. The minimum Gasteiger partial charge on any atom is -0.495 e. The molecule has 0 saturated heterocycles. The highest BCUT2D eigenvalue weighted by molar-refractivity contribution is 7.10. The van der Waals surface area contributed by atoms with E-state index in [2.05, 4.69) is 42.7 Å². The van der Waals surface area contributed by atoms with Gasteiger partial charge in [-0.1, -0.05) is 91.4 Å². The van der Waals surface area contributed by atoms with Gasteiger partial charge in [-0.05, 0) is 73.3 Å². The largest absolute Gasteiger partial charge is 0.495 e. The van der Waals surface area contributed by atoms with Gasteiger partial charge >= 0.3 is 0 Å². The third-order valence-electron chi connectivity index (χ3n) is 8.41. The van der Waals surface area contributed by atoms with Crippen LogP contribution in [0.15, 0.2) is 64.4 Å². The van der Waals surface area contributed by atoms with Gasteiger partial charge in [0.2, 0.25) is 11.4 Å². The standard InChI is InChI=1S/C35H41Cl4N3O5S2/c1-7-41(8-2)34(28-13-11-19-48-28,46-26-17-15-24(44-5)30(36)32(26)38)21-23(40-43)22-35(42(9-3)10-4,29-14-12-20-49-29)47-27-18-16-25(45-6)31(37)33(27)39/h11-20,43H,7-10,21-22H2,1-6H3. The van der Waals surface area contributed by atoms with Crippen LogP contribution in [0.1, 0.15) is 50.3 Å². The third-order valence-corrected chi connectivity index (χ3v) is 12.1. The maximum Gasteiger partial charge on any atom is 0.204 e. The third kappa shape index (κ3) is 8.07. The van der Waals surface area contributed by atoms with Crippen molar-refractivity contribution in [1.82, 2.24) is 9.80 Å². The van der Waals surface area contributed by atoms with Crippen LogP contribution in [-0.2, 0) is 11.4 Å². The number of ether oxygens (including phenoxy) is 4. The number of hydrogen-bond donors (Lipinski definition) is 1. The van der Waals surface area contributed by atoms with Crippen molar-refractivity contribution in [2.24, 2.45) is 5.16 Å². The van der Waals surface area contributed by atoms with Gasteiger partial charge in [0, 0.05) is 12.8 Å². The van der Waals surface area contributed by atoms with Crippen LogP contribution in [0.25, 0.3) is 0 Å². The molecule has 1 N–H and O–H groups in total. The van der Waals surface area contributed by atoms with Crippen molar-refractivity contribution < 1.29 is 24.2 Å². The molecule has 0 radical (unpaired) electrons. The van der Waals surface area contributed by atoms with E-state index < -0.39 is 11.4 Å². The van der Waals surface area contributed by atoms with Crippen molar-refractivity contribution >= 4 is 74.8 Å². The Balaban J connectivity index is 1.91. The lowest BCUT2D eigenvalue weighted by atomic mass is 9.93. The van der Waals surface area contributed by atoms with Crippen LogP contribution in [0.4, 0.5) is 0 Å². The lowest BCUT2D eigenvalue weighted by Crippen LogP contribution is -2.54. The summed E-state index contributed by atoms with van der Waals surface area (Å²) in [6.45, 7) is 10.6. The van der Waals surface area contributed by atoms with Crippen LogP contribution < -0.4 is 18.9 Å². The van der Waals surface area contributed by atoms with E-state index >= 15 is 0 Å². The SMILES string of the molecule is CCN(CC)C(CC(CC(Oc1ccc(OC)c(Cl)c1Cl)(c1cccs1)N(CC)CC)=NO)(Oc1ccc(OC)c(Cl)c1Cl)c1cccs1. The molecule has 0 fully saturated rings. The summed E-state index contributed by atoms with van der Waals surface area (Å²) in [5.41, 5.74) is -1.91. The first-order valence-electron chi connectivity index (χ1n) is 15.8. The quantitative estimate of drug-likeness (QED) is 0.0466. The highest BCUT2D eigenvalue weighted by atomic mass is 35.5. The van der Waals surface area contributed by atoms with Crippen molar-refractivity contribution in [3.63, 3.8) is 0 Å². The Labute approximate surface area is 316 Å². The van der Waals surface area contributed by atoms with Crippen LogP contribution in [0.2, 0.25) is 20.1 Å². The summed E-state index contributed by atoms with van der Waals surface area (Å²) >= 11 is 29.9. The molecular weight excluding hydrogens is 748 g/mol. The van der Waals surface area contributed by atoms with Crippen molar-refractivity contribution in [2.45, 2.75) is 52.0 Å². The zero-order valence-corrected chi connectivity index (χ0v) is 32.9.